The first-order chi connectivity index (χ1) is 9.83. The SMILES string of the molecule is Cc1ccc(C(=O)NCC2(O)CCOC2C)cc1[N+](=O)[O-]. The van der Waals surface area contributed by atoms with Crippen molar-refractivity contribution in [1.29, 1.82) is 0 Å². The first kappa shape index (κ1) is 15.4. The number of hydrogen-bond acceptors (Lipinski definition) is 5. The third kappa shape index (κ3) is 3.20. The number of nitrogens with one attached hydrogen (secondary N) is 1. The van der Waals surface area contributed by atoms with Crippen LogP contribution in [0.5, 0.6) is 0 Å². The molecule has 1 fully saturated rings. The van der Waals surface area contributed by atoms with E-state index in [9.17, 15) is 20.0 Å². The lowest BCUT2D eigenvalue weighted by atomic mass is 9.96. The highest BCUT2D eigenvalue weighted by Gasteiger charge is 2.39. The van der Waals surface area contributed by atoms with Crippen LogP contribution in [-0.4, -0.2) is 40.8 Å². The van der Waals surface area contributed by atoms with E-state index >= 15 is 0 Å². The van der Waals surface area contributed by atoms with Gasteiger partial charge in [0.05, 0.1) is 11.0 Å². The Labute approximate surface area is 122 Å². The fourth-order valence-corrected chi connectivity index (χ4v) is 2.29. The first-order valence-electron chi connectivity index (χ1n) is 6.71. The maximum Gasteiger partial charge on any atom is 0.273 e. The zero-order chi connectivity index (χ0) is 15.6. The molecule has 1 heterocycles. The molecule has 2 atom stereocenters. The van der Waals surface area contributed by atoms with Crippen molar-refractivity contribution < 1.29 is 19.6 Å². The Kier molecular flexibility index (Phi) is 4.24. The number of nitro groups is 1. The topological polar surface area (TPSA) is 102 Å². The molecule has 0 saturated carbocycles. The molecule has 1 amide bonds. The van der Waals surface area contributed by atoms with E-state index in [1.807, 2.05) is 0 Å². The van der Waals surface area contributed by atoms with E-state index in [2.05, 4.69) is 5.32 Å². The van der Waals surface area contributed by atoms with Crippen LogP contribution in [0, 0.1) is 17.0 Å². The van der Waals surface area contributed by atoms with Gasteiger partial charge in [-0.1, -0.05) is 6.07 Å². The molecule has 114 valence electrons. The molecule has 0 radical (unpaired) electrons. The van der Waals surface area contributed by atoms with Gasteiger partial charge in [-0.2, -0.15) is 0 Å². The highest BCUT2D eigenvalue weighted by molar-refractivity contribution is 5.95. The minimum absolute atomic E-state index is 0.0503. The van der Waals surface area contributed by atoms with Crippen molar-refractivity contribution in [2.45, 2.75) is 32.0 Å². The van der Waals surface area contributed by atoms with Gasteiger partial charge in [0.25, 0.3) is 11.6 Å². The number of aryl methyl sites for hydroxylation is 1. The molecule has 0 bridgehead atoms. The summed E-state index contributed by atoms with van der Waals surface area (Å²) in [5.41, 5.74) is -0.499. The Hall–Kier alpha value is -1.99. The summed E-state index contributed by atoms with van der Waals surface area (Å²) < 4.78 is 5.28. The minimum Gasteiger partial charge on any atom is -0.385 e. The summed E-state index contributed by atoms with van der Waals surface area (Å²) in [6.07, 6.45) is 0.0906. The van der Waals surface area contributed by atoms with Crippen LogP contribution in [-0.2, 0) is 4.74 Å². The predicted octanol–water partition coefficient (Wildman–Crippen LogP) is 1.17. The van der Waals surface area contributed by atoms with Crippen LogP contribution in [0.4, 0.5) is 5.69 Å². The van der Waals surface area contributed by atoms with Gasteiger partial charge >= 0.3 is 0 Å². The van der Waals surface area contributed by atoms with Crippen molar-refractivity contribution in [1.82, 2.24) is 5.32 Å². The van der Waals surface area contributed by atoms with Crippen molar-refractivity contribution in [3.63, 3.8) is 0 Å². The van der Waals surface area contributed by atoms with Gasteiger partial charge < -0.3 is 15.2 Å². The normalized spacial score (nSPS) is 24.8. The average Bonchev–Trinajstić information content (AvgIpc) is 2.77. The van der Waals surface area contributed by atoms with Gasteiger partial charge in [-0.15, -0.1) is 0 Å². The molecule has 0 aromatic heterocycles. The fraction of sp³-hybridized carbons (Fsp3) is 0.500. The third-order valence-corrected chi connectivity index (χ3v) is 3.88. The third-order valence-electron chi connectivity index (χ3n) is 3.88. The number of amides is 1. The van der Waals surface area contributed by atoms with Crippen molar-refractivity contribution in [2.75, 3.05) is 13.2 Å². The largest absolute Gasteiger partial charge is 0.385 e. The van der Waals surface area contributed by atoms with Crippen LogP contribution in [0.25, 0.3) is 0 Å². The smallest absolute Gasteiger partial charge is 0.273 e. The highest BCUT2D eigenvalue weighted by atomic mass is 16.6. The van der Waals surface area contributed by atoms with E-state index in [1.165, 1.54) is 18.2 Å². The molecule has 1 aromatic carbocycles. The van der Waals surface area contributed by atoms with Crippen molar-refractivity contribution >= 4 is 11.6 Å². The molecule has 21 heavy (non-hydrogen) atoms. The maximum absolute atomic E-state index is 12.1. The highest BCUT2D eigenvalue weighted by Crippen LogP contribution is 2.25. The summed E-state index contributed by atoms with van der Waals surface area (Å²) in [7, 11) is 0. The van der Waals surface area contributed by atoms with Crippen LogP contribution < -0.4 is 5.32 Å². The van der Waals surface area contributed by atoms with Gasteiger partial charge in [0, 0.05) is 36.8 Å². The second-order valence-corrected chi connectivity index (χ2v) is 5.31. The van der Waals surface area contributed by atoms with E-state index in [-0.39, 0.29) is 23.9 Å². The molecule has 0 spiro atoms. The van der Waals surface area contributed by atoms with Crippen LogP contribution >= 0.6 is 0 Å². The lowest BCUT2D eigenvalue weighted by Crippen LogP contribution is -2.47. The number of benzene rings is 1. The molecule has 1 aliphatic rings. The second kappa shape index (κ2) is 5.79. The van der Waals surface area contributed by atoms with Gasteiger partial charge in [0.2, 0.25) is 0 Å². The van der Waals surface area contributed by atoms with Gasteiger partial charge in [-0.05, 0) is 19.9 Å². The van der Waals surface area contributed by atoms with Crippen molar-refractivity contribution in [3.05, 3.63) is 39.4 Å². The molecule has 7 nitrogen and oxygen atoms in total. The van der Waals surface area contributed by atoms with Gasteiger partial charge in [0.1, 0.15) is 5.60 Å². The zero-order valence-electron chi connectivity index (χ0n) is 12.0. The number of ether oxygens (including phenoxy) is 1. The number of nitrogens with zero attached hydrogens (tertiary/aromatic N) is 1. The second-order valence-electron chi connectivity index (χ2n) is 5.31. The molecule has 7 heteroatoms. The van der Waals surface area contributed by atoms with E-state index in [1.54, 1.807) is 13.8 Å². The average molecular weight is 294 g/mol. The summed E-state index contributed by atoms with van der Waals surface area (Å²) >= 11 is 0. The Bertz CT molecular complexity index is 574. The Morgan fingerprint density at radius 3 is 2.90 bits per heavy atom. The molecular weight excluding hydrogens is 276 g/mol. The molecule has 1 saturated heterocycles. The Morgan fingerprint density at radius 1 is 1.62 bits per heavy atom. The molecule has 0 aliphatic carbocycles. The van der Waals surface area contributed by atoms with Gasteiger partial charge in [-0.25, -0.2) is 0 Å². The molecule has 2 unspecified atom stereocenters. The quantitative estimate of drug-likeness (QED) is 0.641. The fourth-order valence-electron chi connectivity index (χ4n) is 2.29. The van der Waals surface area contributed by atoms with E-state index < -0.39 is 16.4 Å². The summed E-state index contributed by atoms with van der Waals surface area (Å²) in [5, 5.41) is 23.8. The van der Waals surface area contributed by atoms with Crippen molar-refractivity contribution in [3.8, 4) is 0 Å². The van der Waals surface area contributed by atoms with Gasteiger partial charge in [-0.3, -0.25) is 14.9 Å². The van der Waals surface area contributed by atoms with E-state index in [4.69, 9.17) is 4.74 Å². The molecule has 2 rings (SSSR count). The summed E-state index contributed by atoms with van der Waals surface area (Å²) in [6.45, 7) is 3.86. The van der Waals surface area contributed by atoms with Crippen molar-refractivity contribution in [2.24, 2.45) is 0 Å². The van der Waals surface area contributed by atoms with Crippen LogP contribution in [0.15, 0.2) is 18.2 Å². The number of carbonyl (C=O) groups is 1. The summed E-state index contributed by atoms with van der Waals surface area (Å²) in [6, 6.07) is 4.29. The Balaban J connectivity index is 2.07. The zero-order valence-corrected chi connectivity index (χ0v) is 12.0. The number of hydrogen-bond donors (Lipinski definition) is 2. The maximum atomic E-state index is 12.1. The first-order valence-corrected chi connectivity index (χ1v) is 6.71. The molecule has 1 aliphatic heterocycles. The molecular formula is C14H18N2O5. The van der Waals surface area contributed by atoms with Gasteiger partial charge in [0.15, 0.2) is 0 Å². The monoisotopic (exact) mass is 294 g/mol. The van der Waals surface area contributed by atoms with E-state index in [0.717, 1.165) is 0 Å². The standard InChI is InChI=1S/C14H18N2O5/c1-9-3-4-11(7-12(9)16(19)20)13(17)15-8-14(18)5-6-21-10(14)2/h3-4,7,10,18H,5-6,8H2,1-2H3,(H,15,17). The lowest BCUT2D eigenvalue weighted by Gasteiger charge is -2.26. The lowest BCUT2D eigenvalue weighted by molar-refractivity contribution is -0.385. The number of aliphatic hydroxyl groups is 1. The number of nitro benzene ring substituents is 1. The molecule has 2 N–H and O–H groups in total. The van der Waals surface area contributed by atoms with Crippen LogP contribution in [0.1, 0.15) is 29.3 Å². The minimum atomic E-state index is -1.09. The van der Waals surface area contributed by atoms with Crippen LogP contribution in [0.2, 0.25) is 0 Å². The Morgan fingerprint density at radius 2 is 2.33 bits per heavy atom. The number of rotatable bonds is 4. The number of carbonyl (C=O) groups excluding carboxylic acids is 1. The van der Waals surface area contributed by atoms with Crippen LogP contribution in [0.3, 0.4) is 0 Å². The molecule has 1 aromatic rings. The predicted molar refractivity (Wildman–Crippen MR) is 75.1 cm³/mol. The summed E-state index contributed by atoms with van der Waals surface area (Å²) in [4.78, 5) is 22.4. The van der Waals surface area contributed by atoms with E-state index in [0.29, 0.717) is 18.6 Å². The summed E-state index contributed by atoms with van der Waals surface area (Å²) in [5.74, 6) is -0.453.